The zero-order valence-electron chi connectivity index (χ0n) is 13.9. The first kappa shape index (κ1) is 14.8. The standard InChI is InChI=1S/C21H25NO/c1-2-3-14-22-15-8-13-21(16-22)17-9-4-6-11-19(17)23-20-12-7-5-10-18(20)21/h4-7,9-12H,2-3,8,13-16H2,1H3. The summed E-state index contributed by atoms with van der Waals surface area (Å²) in [6.45, 7) is 5.83. The van der Waals surface area contributed by atoms with Gasteiger partial charge in [-0.2, -0.15) is 0 Å². The summed E-state index contributed by atoms with van der Waals surface area (Å²) in [5.74, 6) is 2.09. The first-order valence-corrected chi connectivity index (χ1v) is 8.93. The lowest BCUT2D eigenvalue weighted by atomic mass is 9.67. The highest BCUT2D eigenvalue weighted by Gasteiger charge is 2.44. The van der Waals surface area contributed by atoms with Crippen molar-refractivity contribution in [3.8, 4) is 11.5 Å². The topological polar surface area (TPSA) is 12.5 Å². The fraction of sp³-hybridized carbons (Fsp3) is 0.429. The molecule has 1 fully saturated rings. The number of piperidine rings is 1. The fourth-order valence-corrected chi connectivity index (χ4v) is 4.32. The summed E-state index contributed by atoms with van der Waals surface area (Å²) in [5, 5.41) is 0. The number of hydrogen-bond donors (Lipinski definition) is 0. The van der Waals surface area contributed by atoms with Crippen LogP contribution in [0, 0.1) is 0 Å². The van der Waals surface area contributed by atoms with Gasteiger partial charge in [-0.05, 0) is 44.5 Å². The number of nitrogens with zero attached hydrogens (tertiary/aromatic N) is 1. The highest BCUT2D eigenvalue weighted by molar-refractivity contribution is 5.58. The van der Waals surface area contributed by atoms with Crippen molar-refractivity contribution >= 4 is 0 Å². The van der Waals surface area contributed by atoms with Crippen molar-refractivity contribution < 1.29 is 4.74 Å². The number of hydrogen-bond acceptors (Lipinski definition) is 2. The van der Waals surface area contributed by atoms with Gasteiger partial charge in [0, 0.05) is 23.1 Å². The molecule has 2 heteroatoms. The normalized spacial score (nSPS) is 19.0. The monoisotopic (exact) mass is 307 g/mol. The van der Waals surface area contributed by atoms with Gasteiger partial charge in [-0.25, -0.2) is 0 Å². The molecule has 2 aliphatic rings. The average Bonchev–Trinajstić information content (AvgIpc) is 2.61. The molecular weight excluding hydrogens is 282 g/mol. The first-order valence-electron chi connectivity index (χ1n) is 8.93. The van der Waals surface area contributed by atoms with Crippen molar-refractivity contribution in [1.29, 1.82) is 0 Å². The molecule has 1 spiro atoms. The third kappa shape index (κ3) is 2.46. The summed E-state index contributed by atoms with van der Waals surface area (Å²) in [6, 6.07) is 17.3. The summed E-state index contributed by atoms with van der Waals surface area (Å²) >= 11 is 0. The maximum Gasteiger partial charge on any atom is 0.131 e. The molecule has 2 aromatic rings. The fourth-order valence-electron chi connectivity index (χ4n) is 4.32. The van der Waals surface area contributed by atoms with Crippen LogP contribution >= 0.6 is 0 Å². The van der Waals surface area contributed by atoms with Gasteiger partial charge >= 0.3 is 0 Å². The number of benzene rings is 2. The number of unbranched alkanes of at least 4 members (excludes halogenated alkanes) is 1. The van der Waals surface area contributed by atoms with E-state index in [2.05, 4.69) is 60.4 Å². The first-order chi connectivity index (χ1) is 11.3. The Hall–Kier alpha value is -1.80. The van der Waals surface area contributed by atoms with E-state index in [0.29, 0.717) is 0 Å². The van der Waals surface area contributed by atoms with Crippen LogP contribution in [0.3, 0.4) is 0 Å². The van der Waals surface area contributed by atoms with Gasteiger partial charge in [0.05, 0.1) is 0 Å². The number of likely N-dealkylation sites (tertiary alicyclic amines) is 1. The van der Waals surface area contributed by atoms with Crippen LogP contribution in [-0.2, 0) is 5.41 Å². The smallest absolute Gasteiger partial charge is 0.131 e. The molecule has 0 bridgehead atoms. The molecule has 0 aromatic heterocycles. The van der Waals surface area contributed by atoms with Crippen LogP contribution < -0.4 is 4.74 Å². The third-order valence-electron chi connectivity index (χ3n) is 5.42. The van der Waals surface area contributed by atoms with Gasteiger partial charge in [-0.3, -0.25) is 0 Å². The zero-order chi connectivity index (χ0) is 15.7. The van der Waals surface area contributed by atoms with E-state index in [0.717, 1.165) is 18.0 Å². The van der Waals surface area contributed by atoms with E-state index in [-0.39, 0.29) is 5.41 Å². The Kier molecular flexibility index (Phi) is 3.86. The summed E-state index contributed by atoms with van der Waals surface area (Å²) in [4.78, 5) is 2.66. The van der Waals surface area contributed by atoms with Crippen molar-refractivity contribution in [2.75, 3.05) is 19.6 Å². The van der Waals surface area contributed by atoms with Crippen molar-refractivity contribution in [1.82, 2.24) is 4.90 Å². The van der Waals surface area contributed by atoms with Gasteiger partial charge < -0.3 is 9.64 Å². The maximum absolute atomic E-state index is 6.20. The molecule has 2 heterocycles. The predicted molar refractivity (Wildman–Crippen MR) is 94.3 cm³/mol. The molecule has 0 atom stereocenters. The molecule has 120 valence electrons. The Bertz CT molecular complexity index is 648. The molecule has 0 N–H and O–H groups in total. The molecule has 2 nitrogen and oxygen atoms in total. The second-order valence-corrected chi connectivity index (χ2v) is 6.91. The number of para-hydroxylation sites is 2. The minimum absolute atomic E-state index is 0.0947. The van der Waals surface area contributed by atoms with E-state index < -0.39 is 0 Å². The lowest BCUT2D eigenvalue weighted by Crippen LogP contribution is -2.48. The van der Waals surface area contributed by atoms with Crippen molar-refractivity contribution in [3.63, 3.8) is 0 Å². The highest BCUT2D eigenvalue weighted by Crippen LogP contribution is 2.51. The van der Waals surface area contributed by atoms with Crippen LogP contribution in [0.25, 0.3) is 0 Å². The van der Waals surface area contributed by atoms with Gasteiger partial charge in [0.25, 0.3) is 0 Å². The van der Waals surface area contributed by atoms with Crippen molar-refractivity contribution in [3.05, 3.63) is 59.7 Å². The third-order valence-corrected chi connectivity index (χ3v) is 5.42. The van der Waals surface area contributed by atoms with E-state index in [9.17, 15) is 0 Å². The Morgan fingerprint density at radius 3 is 2.30 bits per heavy atom. The van der Waals surface area contributed by atoms with Gasteiger partial charge in [0.15, 0.2) is 0 Å². The van der Waals surface area contributed by atoms with E-state index >= 15 is 0 Å². The molecule has 0 aliphatic carbocycles. The minimum atomic E-state index is 0.0947. The second kappa shape index (κ2) is 6.01. The van der Waals surface area contributed by atoms with Crippen LogP contribution in [0.4, 0.5) is 0 Å². The lowest BCUT2D eigenvalue weighted by Gasteiger charge is -2.46. The number of rotatable bonds is 3. The average molecular weight is 307 g/mol. The molecule has 1 saturated heterocycles. The number of ether oxygens (including phenoxy) is 1. The van der Waals surface area contributed by atoms with Crippen molar-refractivity contribution in [2.45, 2.75) is 38.0 Å². The summed E-state index contributed by atoms with van der Waals surface area (Å²) in [5.41, 5.74) is 2.84. The quantitative estimate of drug-likeness (QED) is 0.793. The van der Waals surface area contributed by atoms with Gasteiger partial charge in [-0.1, -0.05) is 49.7 Å². The van der Waals surface area contributed by atoms with Crippen LogP contribution in [0.2, 0.25) is 0 Å². The largest absolute Gasteiger partial charge is 0.457 e. The Balaban J connectivity index is 1.80. The SMILES string of the molecule is CCCCN1CCCC2(C1)c1ccccc1Oc1ccccc12. The van der Waals surface area contributed by atoms with E-state index in [1.54, 1.807) is 0 Å². The Labute approximate surface area is 139 Å². The van der Waals surface area contributed by atoms with E-state index in [1.165, 1.54) is 49.9 Å². The van der Waals surface area contributed by atoms with Crippen LogP contribution in [0.5, 0.6) is 11.5 Å². The summed E-state index contributed by atoms with van der Waals surface area (Å²) < 4.78 is 6.20. The lowest BCUT2D eigenvalue weighted by molar-refractivity contribution is 0.159. The van der Waals surface area contributed by atoms with E-state index in [4.69, 9.17) is 4.74 Å². The second-order valence-electron chi connectivity index (χ2n) is 6.91. The number of fused-ring (bicyclic) bond motifs is 4. The molecule has 0 saturated carbocycles. The molecule has 2 aliphatic heterocycles. The maximum atomic E-state index is 6.20. The molecule has 2 aromatic carbocycles. The van der Waals surface area contributed by atoms with E-state index in [1.807, 2.05) is 0 Å². The zero-order valence-corrected chi connectivity index (χ0v) is 13.9. The summed E-state index contributed by atoms with van der Waals surface area (Å²) in [7, 11) is 0. The Morgan fingerprint density at radius 2 is 1.65 bits per heavy atom. The molecule has 0 unspecified atom stereocenters. The van der Waals surface area contributed by atoms with Gasteiger partial charge in [-0.15, -0.1) is 0 Å². The molecular formula is C21H25NO. The molecule has 0 radical (unpaired) electrons. The molecule has 23 heavy (non-hydrogen) atoms. The summed E-state index contributed by atoms with van der Waals surface area (Å²) in [6.07, 6.45) is 5.02. The molecule has 0 amide bonds. The van der Waals surface area contributed by atoms with Gasteiger partial charge in [0.2, 0.25) is 0 Å². The highest BCUT2D eigenvalue weighted by atomic mass is 16.5. The van der Waals surface area contributed by atoms with Crippen molar-refractivity contribution in [2.24, 2.45) is 0 Å². The Morgan fingerprint density at radius 1 is 1.00 bits per heavy atom. The van der Waals surface area contributed by atoms with Crippen LogP contribution in [-0.4, -0.2) is 24.5 Å². The van der Waals surface area contributed by atoms with Crippen LogP contribution in [0.15, 0.2) is 48.5 Å². The van der Waals surface area contributed by atoms with Crippen LogP contribution in [0.1, 0.15) is 43.7 Å². The molecule has 4 rings (SSSR count). The predicted octanol–water partition coefficient (Wildman–Crippen LogP) is 4.97. The van der Waals surface area contributed by atoms with Gasteiger partial charge in [0.1, 0.15) is 11.5 Å². The minimum Gasteiger partial charge on any atom is -0.457 e.